The molecule has 8 nitrogen and oxygen atoms in total. The van der Waals surface area contributed by atoms with Crippen LogP contribution in [-0.4, -0.2) is 58.1 Å². The number of piperidine rings is 1. The summed E-state index contributed by atoms with van der Waals surface area (Å²) in [6.07, 6.45) is 8.82. The van der Waals surface area contributed by atoms with E-state index in [1.165, 1.54) is 55.4 Å². The number of anilines is 1. The van der Waals surface area contributed by atoms with E-state index in [1.807, 2.05) is 16.8 Å². The summed E-state index contributed by atoms with van der Waals surface area (Å²) in [5.74, 6) is 1.25. The van der Waals surface area contributed by atoms with Crippen LogP contribution in [-0.2, 0) is 4.79 Å². The predicted molar refractivity (Wildman–Crippen MR) is 155 cm³/mol. The van der Waals surface area contributed by atoms with Crippen LogP contribution >= 0.6 is 0 Å². The summed E-state index contributed by atoms with van der Waals surface area (Å²) in [5.41, 5.74) is 5.12. The molecule has 2 aromatic heterocycles. The monoisotopic (exact) mass is 544 g/mol. The molecule has 0 spiro atoms. The van der Waals surface area contributed by atoms with Crippen molar-refractivity contribution in [3.63, 3.8) is 0 Å². The highest BCUT2D eigenvalue weighted by atomic mass is 19.1. The molecule has 2 N–H and O–H groups in total. The maximum Gasteiger partial charge on any atom is 0.224 e. The van der Waals surface area contributed by atoms with Gasteiger partial charge in [0, 0.05) is 36.8 Å². The summed E-state index contributed by atoms with van der Waals surface area (Å²) in [5, 5.41) is 10.8. The first kappa shape index (κ1) is 27.6. The number of carbonyl (C=O) groups excluding carboxylic acids is 1. The van der Waals surface area contributed by atoms with Gasteiger partial charge in [0.15, 0.2) is 5.65 Å². The molecule has 0 unspecified atom stereocenters. The topological polar surface area (TPSA) is 83.8 Å². The smallest absolute Gasteiger partial charge is 0.224 e. The number of ether oxygens (including phenoxy) is 1. The molecule has 2 aromatic carbocycles. The normalized spacial score (nSPS) is 15.3. The predicted octanol–water partition coefficient (Wildman–Crippen LogP) is 5.74. The number of amides is 1. The summed E-state index contributed by atoms with van der Waals surface area (Å²) in [6.45, 7) is 8.26. The van der Waals surface area contributed by atoms with Crippen LogP contribution in [0, 0.1) is 19.7 Å². The van der Waals surface area contributed by atoms with Crippen LogP contribution in [0.1, 0.15) is 43.2 Å². The molecule has 210 valence electrons. The van der Waals surface area contributed by atoms with E-state index in [0.29, 0.717) is 23.3 Å². The van der Waals surface area contributed by atoms with Gasteiger partial charge in [-0.25, -0.2) is 4.39 Å². The van der Waals surface area contributed by atoms with Gasteiger partial charge in [-0.1, -0.05) is 30.7 Å². The second-order valence-corrected chi connectivity index (χ2v) is 10.5. The minimum Gasteiger partial charge on any atom is -0.439 e. The average Bonchev–Trinajstić information content (AvgIpc) is 3.67. The molecule has 1 saturated heterocycles. The molecule has 3 heterocycles. The van der Waals surface area contributed by atoms with Crippen LogP contribution in [0.4, 0.5) is 10.2 Å². The molecule has 2 aliphatic rings. The van der Waals surface area contributed by atoms with Crippen LogP contribution in [0.3, 0.4) is 0 Å². The van der Waals surface area contributed by atoms with Gasteiger partial charge in [0.2, 0.25) is 12.3 Å². The van der Waals surface area contributed by atoms with Gasteiger partial charge in [-0.05, 0) is 81.4 Å². The molecule has 6 rings (SSSR count). The molecular weight excluding hydrogens is 507 g/mol. The first-order chi connectivity index (χ1) is 19.5. The van der Waals surface area contributed by atoms with Gasteiger partial charge in [0.1, 0.15) is 17.4 Å². The van der Waals surface area contributed by atoms with E-state index >= 15 is 0 Å². The van der Waals surface area contributed by atoms with E-state index in [9.17, 15) is 9.18 Å². The highest BCUT2D eigenvalue weighted by Crippen LogP contribution is 2.30. The number of hydrogen-bond acceptors (Lipinski definition) is 6. The fourth-order valence-corrected chi connectivity index (χ4v) is 4.75. The Morgan fingerprint density at radius 3 is 2.58 bits per heavy atom. The summed E-state index contributed by atoms with van der Waals surface area (Å²) < 4.78 is 21.5. The van der Waals surface area contributed by atoms with E-state index in [2.05, 4.69) is 52.7 Å². The third-order valence-electron chi connectivity index (χ3n) is 7.35. The number of rotatable bonds is 9. The fourth-order valence-electron chi connectivity index (χ4n) is 4.75. The maximum atomic E-state index is 13.7. The van der Waals surface area contributed by atoms with Crippen LogP contribution in [0.25, 0.3) is 16.8 Å². The molecule has 0 atom stereocenters. The molecule has 1 aliphatic heterocycles. The van der Waals surface area contributed by atoms with Crippen molar-refractivity contribution in [1.82, 2.24) is 24.8 Å². The van der Waals surface area contributed by atoms with E-state index in [0.717, 1.165) is 49.5 Å². The van der Waals surface area contributed by atoms with Crippen molar-refractivity contribution < 1.29 is 13.9 Å². The van der Waals surface area contributed by atoms with Gasteiger partial charge in [-0.2, -0.15) is 14.6 Å². The van der Waals surface area contributed by atoms with Crippen molar-refractivity contribution >= 4 is 17.9 Å². The lowest BCUT2D eigenvalue weighted by atomic mass is 10.0. The average molecular weight is 545 g/mol. The molecule has 1 saturated carbocycles. The number of hydrogen-bond donors (Lipinski definition) is 2. The minimum absolute atomic E-state index is 0.348. The number of halogens is 1. The van der Waals surface area contributed by atoms with Crippen molar-refractivity contribution in [2.24, 2.45) is 0 Å². The quantitative estimate of drug-likeness (QED) is 0.262. The number of fused-ring (bicyclic) bond motifs is 1. The van der Waals surface area contributed by atoms with Gasteiger partial charge in [-0.3, -0.25) is 4.79 Å². The first-order valence-electron chi connectivity index (χ1n) is 14.1. The van der Waals surface area contributed by atoms with Crippen LogP contribution < -0.4 is 15.4 Å². The summed E-state index contributed by atoms with van der Waals surface area (Å²) in [4.78, 5) is 16.8. The maximum absolute atomic E-state index is 13.7. The Hall–Kier alpha value is -3.98. The molecule has 4 aromatic rings. The zero-order valence-electron chi connectivity index (χ0n) is 23.2. The first-order valence-corrected chi connectivity index (χ1v) is 14.1. The largest absolute Gasteiger partial charge is 0.439 e. The van der Waals surface area contributed by atoms with E-state index in [-0.39, 0.29) is 5.82 Å². The van der Waals surface area contributed by atoms with E-state index < -0.39 is 0 Å². The van der Waals surface area contributed by atoms with Crippen LogP contribution in [0.15, 0.2) is 54.7 Å². The molecule has 2 fully saturated rings. The summed E-state index contributed by atoms with van der Waals surface area (Å²) in [7, 11) is 0. The van der Waals surface area contributed by atoms with Crippen molar-refractivity contribution in [3.8, 4) is 22.8 Å². The Balaban J connectivity index is 0.000000477. The number of carbonyl (C=O) groups is 1. The Morgan fingerprint density at radius 1 is 1.05 bits per heavy atom. The van der Waals surface area contributed by atoms with E-state index in [4.69, 9.17) is 9.72 Å². The highest BCUT2D eigenvalue weighted by Gasteiger charge is 2.19. The zero-order chi connectivity index (χ0) is 27.9. The molecule has 1 aliphatic carbocycles. The molecular formula is C31H37FN6O2. The Kier molecular flexibility index (Phi) is 8.91. The van der Waals surface area contributed by atoms with Crippen molar-refractivity contribution in [2.45, 2.75) is 52.0 Å². The van der Waals surface area contributed by atoms with Crippen LogP contribution in [0.2, 0.25) is 0 Å². The Labute approximate surface area is 234 Å². The van der Waals surface area contributed by atoms with Gasteiger partial charge in [0.05, 0.1) is 6.20 Å². The Bertz CT molecular complexity index is 1450. The summed E-state index contributed by atoms with van der Waals surface area (Å²) in [6, 6.07) is 14.8. The van der Waals surface area contributed by atoms with Crippen molar-refractivity contribution in [1.29, 1.82) is 0 Å². The number of likely N-dealkylation sites (tertiary alicyclic amines) is 1. The summed E-state index contributed by atoms with van der Waals surface area (Å²) >= 11 is 0. The number of aromatic nitrogens is 3. The fraction of sp³-hybridized carbons (Fsp3) is 0.387. The molecule has 9 heteroatoms. The van der Waals surface area contributed by atoms with Crippen molar-refractivity contribution in [3.05, 3.63) is 71.7 Å². The van der Waals surface area contributed by atoms with E-state index in [1.54, 1.807) is 12.1 Å². The lowest BCUT2D eigenvalue weighted by Gasteiger charge is -2.26. The second kappa shape index (κ2) is 12.9. The van der Waals surface area contributed by atoms with Gasteiger partial charge < -0.3 is 20.3 Å². The molecule has 1 amide bonds. The zero-order valence-corrected chi connectivity index (χ0v) is 23.2. The van der Waals surface area contributed by atoms with Gasteiger partial charge in [-0.15, -0.1) is 0 Å². The third-order valence-corrected chi connectivity index (χ3v) is 7.35. The third kappa shape index (κ3) is 7.15. The highest BCUT2D eigenvalue weighted by molar-refractivity contribution is 5.79. The lowest BCUT2D eigenvalue weighted by molar-refractivity contribution is -0.109. The van der Waals surface area contributed by atoms with Crippen molar-refractivity contribution in [2.75, 3.05) is 31.5 Å². The number of aryl methyl sites for hydroxylation is 2. The number of nitrogens with zero attached hydrogens (tertiary/aromatic N) is 4. The van der Waals surface area contributed by atoms with Crippen LogP contribution in [0.5, 0.6) is 11.6 Å². The molecule has 0 radical (unpaired) electrons. The standard InChI is InChI=1S/C27H30FN5O.C4H7NO/c1-19-9-10-21(15-20(19)2)24-18-30-33-25(29-11-14-32-12-4-3-5-13-32)17-26(31-27(24)33)34-23-8-6-7-22(28)16-23;6-3-5-4-1-2-4/h6-10,15-18,29H,3-5,11-14H2,1-2H3;3-4H,1-2H2,(H,5,6). The van der Waals surface area contributed by atoms with Gasteiger partial charge >= 0.3 is 0 Å². The number of benzene rings is 2. The second-order valence-electron chi connectivity index (χ2n) is 10.5. The van der Waals surface area contributed by atoms with Gasteiger partial charge in [0.25, 0.3) is 0 Å². The molecule has 0 bridgehead atoms. The number of nitrogens with one attached hydrogen (secondary N) is 2. The SMILES string of the molecule is Cc1ccc(-c2cnn3c(NCCN4CCCCC4)cc(Oc4cccc(F)c4)nc23)cc1C.O=CNC1CC1. The molecule has 40 heavy (non-hydrogen) atoms. The Morgan fingerprint density at radius 2 is 1.88 bits per heavy atom. The lowest BCUT2D eigenvalue weighted by Crippen LogP contribution is -2.33. The minimum atomic E-state index is -0.348.